The fourth-order valence-corrected chi connectivity index (χ4v) is 8.70. The van der Waals surface area contributed by atoms with E-state index in [0.29, 0.717) is 17.6 Å². The van der Waals surface area contributed by atoms with Crippen LogP contribution in [0.4, 0.5) is 22.0 Å². The molecule has 0 bridgehead atoms. The van der Waals surface area contributed by atoms with Gasteiger partial charge in [-0.3, -0.25) is 0 Å². The minimum atomic E-state index is -4.74. The highest BCUT2D eigenvalue weighted by Gasteiger charge is 2.38. The van der Waals surface area contributed by atoms with Crippen molar-refractivity contribution >= 4 is 11.8 Å². The van der Waals surface area contributed by atoms with E-state index in [1.54, 1.807) is 6.92 Å². The lowest BCUT2D eigenvalue weighted by molar-refractivity contribution is -0.142. The molecule has 0 N–H and O–H groups in total. The SMILES string of the molecule is CCCC(F)C1CCC(CCC2CCC(C3CCC(OCc4ccc(SCC)c(F)c4C(F)(F)F)CC3)CC2)CC1. The second-order valence-corrected chi connectivity index (χ2v) is 14.4. The van der Waals surface area contributed by atoms with Crippen LogP contribution in [0.25, 0.3) is 0 Å². The van der Waals surface area contributed by atoms with Crippen LogP contribution < -0.4 is 0 Å². The molecule has 0 radical (unpaired) electrons. The molecule has 0 spiro atoms. The van der Waals surface area contributed by atoms with Crippen molar-refractivity contribution in [2.45, 2.75) is 147 Å². The average molecular weight is 603 g/mol. The van der Waals surface area contributed by atoms with E-state index in [2.05, 4.69) is 6.92 Å². The molecule has 7 heteroatoms. The van der Waals surface area contributed by atoms with E-state index >= 15 is 0 Å². The molecule has 3 aliphatic rings. The van der Waals surface area contributed by atoms with Gasteiger partial charge in [0.25, 0.3) is 0 Å². The number of hydrogen-bond acceptors (Lipinski definition) is 2. The van der Waals surface area contributed by atoms with Gasteiger partial charge in [0.1, 0.15) is 12.0 Å². The van der Waals surface area contributed by atoms with Gasteiger partial charge in [-0.1, -0.05) is 64.9 Å². The number of rotatable bonds is 12. The maximum Gasteiger partial charge on any atom is 0.419 e. The highest BCUT2D eigenvalue weighted by molar-refractivity contribution is 7.99. The number of thioether (sulfide) groups is 1. The minimum absolute atomic E-state index is 0.0417. The average Bonchev–Trinajstić information content (AvgIpc) is 2.96. The van der Waals surface area contributed by atoms with Gasteiger partial charge in [-0.25, -0.2) is 8.78 Å². The molecule has 1 aromatic carbocycles. The third-order valence-corrected chi connectivity index (χ3v) is 11.4. The predicted molar refractivity (Wildman–Crippen MR) is 158 cm³/mol. The molecule has 234 valence electrons. The van der Waals surface area contributed by atoms with E-state index in [1.807, 2.05) is 0 Å². The summed E-state index contributed by atoms with van der Waals surface area (Å²) in [4.78, 5) is 0.0417. The molecule has 0 amide bonds. The molecule has 4 rings (SSSR count). The summed E-state index contributed by atoms with van der Waals surface area (Å²) >= 11 is 1.08. The Morgan fingerprint density at radius 3 is 1.93 bits per heavy atom. The van der Waals surface area contributed by atoms with Crippen LogP contribution in [0.2, 0.25) is 0 Å². The maximum absolute atomic E-state index is 14.7. The van der Waals surface area contributed by atoms with Crippen molar-refractivity contribution in [2.75, 3.05) is 5.75 Å². The Morgan fingerprint density at radius 1 is 0.829 bits per heavy atom. The highest BCUT2D eigenvalue weighted by atomic mass is 32.2. The van der Waals surface area contributed by atoms with Gasteiger partial charge in [0.15, 0.2) is 0 Å². The number of halogens is 5. The minimum Gasteiger partial charge on any atom is -0.374 e. The number of alkyl halides is 4. The smallest absolute Gasteiger partial charge is 0.374 e. The molecule has 0 aromatic heterocycles. The van der Waals surface area contributed by atoms with Crippen LogP contribution >= 0.6 is 11.8 Å². The first-order valence-corrected chi connectivity index (χ1v) is 17.4. The van der Waals surface area contributed by atoms with Crippen LogP contribution in [-0.4, -0.2) is 18.0 Å². The van der Waals surface area contributed by atoms with E-state index in [1.165, 1.54) is 63.5 Å². The number of benzene rings is 1. The molecule has 1 aromatic rings. The Labute approximate surface area is 249 Å². The lowest BCUT2D eigenvalue weighted by Crippen LogP contribution is -2.29. The molecular weight excluding hydrogens is 551 g/mol. The molecule has 1 atom stereocenters. The van der Waals surface area contributed by atoms with E-state index in [0.717, 1.165) is 80.9 Å². The molecule has 3 saturated carbocycles. The summed E-state index contributed by atoms with van der Waals surface area (Å²) in [5, 5.41) is 0. The van der Waals surface area contributed by atoms with Gasteiger partial charge in [0.05, 0.1) is 18.3 Å². The molecule has 1 nitrogen and oxygen atoms in total. The van der Waals surface area contributed by atoms with Crippen LogP contribution in [-0.2, 0) is 17.5 Å². The Kier molecular flexibility index (Phi) is 12.7. The highest BCUT2D eigenvalue weighted by Crippen LogP contribution is 2.44. The van der Waals surface area contributed by atoms with Gasteiger partial charge in [-0.2, -0.15) is 13.2 Å². The van der Waals surface area contributed by atoms with Gasteiger partial charge in [-0.05, 0) is 105 Å². The lowest BCUT2D eigenvalue weighted by Gasteiger charge is -2.38. The zero-order valence-electron chi connectivity index (χ0n) is 25.1. The molecule has 41 heavy (non-hydrogen) atoms. The quantitative estimate of drug-likeness (QED) is 0.174. The van der Waals surface area contributed by atoms with Gasteiger partial charge in [-0.15, -0.1) is 11.8 Å². The van der Waals surface area contributed by atoms with Crippen molar-refractivity contribution in [1.29, 1.82) is 0 Å². The van der Waals surface area contributed by atoms with Crippen LogP contribution in [0.15, 0.2) is 17.0 Å². The second-order valence-electron chi connectivity index (χ2n) is 13.1. The van der Waals surface area contributed by atoms with Crippen molar-refractivity contribution in [3.05, 3.63) is 29.1 Å². The van der Waals surface area contributed by atoms with Crippen molar-refractivity contribution < 1.29 is 26.7 Å². The Bertz CT molecular complexity index is 912. The molecule has 3 aliphatic carbocycles. The predicted octanol–water partition coefficient (Wildman–Crippen LogP) is 11.6. The zero-order valence-corrected chi connectivity index (χ0v) is 25.9. The van der Waals surface area contributed by atoms with E-state index in [4.69, 9.17) is 4.74 Å². The van der Waals surface area contributed by atoms with Gasteiger partial charge in [0, 0.05) is 4.90 Å². The van der Waals surface area contributed by atoms with Gasteiger partial charge < -0.3 is 4.74 Å². The summed E-state index contributed by atoms with van der Waals surface area (Å²) in [6.45, 7) is 3.67. The molecule has 3 fully saturated rings. The van der Waals surface area contributed by atoms with Crippen molar-refractivity contribution in [3.8, 4) is 0 Å². The van der Waals surface area contributed by atoms with Crippen LogP contribution in [0.5, 0.6) is 0 Å². The first-order chi connectivity index (χ1) is 19.7. The van der Waals surface area contributed by atoms with Crippen LogP contribution in [0.1, 0.15) is 128 Å². The fourth-order valence-electron chi connectivity index (χ4n) is 7.99. The van der Waals surface area contributed by atoms with Gasteiger partial charge in [0.2, 0.25) is 0 Å². The maximum atomic E-state index is 14.7. The van der Waals surface area contributed by atoms with E-state index in [9.17, 15) is 22.0 Å². The molecular formula is C34H51F5OS. The van der Waals surface area contributed by atoms with Crippen molar-refractivity contribution in [2.24, 2.45) is 29.6 Å². The standard InChI is InChI=1S/C34H51F5OS/c1-3-5-30(35)27-14-10-24(11-15-27)7-6-23-8-12-25(13-9-23)26-16-19-29(20-17-26)40-22-28-18-21-31(41-4-2)33(36)32(28)34(37,38)39/h18,21,23-27,29-30H,3-17,19-20,22H2,1-2H3. The van der Waals surface area contributed by atoms with E-state index in [-0.39, 0.29) is 23.2 Å². The normalized spacial score (nSPS) is 30.3. The Balaban J connectivity index is 1.14. The number of ether oxygens (including phenoxy) is 1. The third-order valence-electron chi connectivity index (χ3n) is 10.5. The largest absolute Gasteiger partial charge is 0.419 e. The Morgan fingerprint density at radius 2 is 1.39 bits per heavy atom. The molecule has 1 unspecified atom stereocenters. The first kappa shape index (κ1) is 33.1. The summed E-state index contributed by atoms with van der Waals surface area (Å²) in [5.41, 5.74) is -1.28. The number of hydrogen-bond donors (Lipinski definition) is 0. The van der Waals surface area contributed by atoms with Gasteiger partial charge >= 0.3 is 6.18 Å². The summed E-state index contributed by atoms with van der Waals surface area (Å²) in [6.07, 6.45) is 12.6. The topological polar surface area (TPSA) is 9.23 Å². The molecule has 0 aliphatic heterocycles. The van der Waals surface area contributed by atoms with Crippen LogP contribution in [0.3, 0.4) is 0 Å². The summed E-state index contributed by atoms with van der Waals surface area (Å²) < 4.78 is 75.9. The summed E-state index contributed by atoms with van der Waals surface area (Å²) in [7, 11) is 0. The fraction of sp³-hybridized carbons (Fsp3) is 0.824. The lowest BCUT2D eigenvalue weighted by atomic mass is 9.69. The molecule has 0 heterocycles. The third kappa shape index (κ3) is 9.33. The zero-order chi connectivity index (χ0) is 29.4. The summed E-state index contributed by atoms with van der Waals surface area (Å²) in [5.74, 6) is 2.73. The van der Waals surface area contributed by atoms with Crippen LogP contribution in [0, 0.1) is 35.4 Å². The summed E-state index contributed by atoms with van der Waals surface area (Å²) in [6, 6.07) is 2.83. The van der Waals surface area contributed by atoms with Crippen molar-refractivity contribution in [3.63, 3.8) is 0 Å². The Hall–Kier alpha value is -0.820. The molecule has 0 saturated heterocycles. The second kappa shape index (κ2) is 15.8. The monoisotopic (exact) mass is 602 g/mol. The first-order valence-electron chi connectivity index (χ1n) is 16.5. The van der Waals surface area contributed by atoms with Crippen molar-refractivity contribution in [1.82, 2.24) is 0 Å². The van der Waals surface area contributed by atoms with E-state index < -0.39 is 23.7 Å².